The molecule has 0 saturated carbocycles. The Kier molecular flexibility index (Phi) is 9.82. The molecule has 1 aliphatic rings. The lowest BCUT2D eigenvalue weighted by Crippen LogP contribution is -2.44. The monoisotopic (exact) mass is 462 g/mol. The van der Waals surface area contributed by atoms with Gasteiger partial charge in [0, 0.05) is 48.3 Å². The number of carbonyl (C=O) groups is 1. The zero-order valence-corrected chi connectivity index (χ0v) is 18.0. The summed E-state index contributed by atoms with van der Waals surface area (Å²) in [5, 5.41) is 7.29. The molecule has 2 aromatic rings. The number of rotatable bonds is 5. The molecule has 0 aliphatic carbocycles. The Morgan fingerprint density at radius 3 is 2.73 bits per heavy atom. The molecule has 1 saturated heterocycles. The van der Waals surface area contributed by atoms with Crippen molar-refractivity contribution in [3.8, 4) is 0 Å². The average Bonchev–Trinajstić information content (AvgIpc) is 2.58. The molecule has 5 nitrogen and oxygen atoms in total. The van der Waals surface area contributed by atoms with Crippen LogP contribution in [0.15, 0.2) is 28.7 Å². The molecule has 0 unspecified atom stereocenters. The van der Waals surface area contributed by atoms with E-state index in [1.165, 1.54) is 0 Å². The highest BCUT2D eigenvalue weighted by molar-refractivity contribution is 9.10. The Morgan fingerprint density at radius 1 is 1.27 bits per heavy atom. The second kappa shape index (κ2) is 11.0. The number of benzene rings is 1. The minimum Gasteiger partial charge on any atom is -0.352 e. The summed E-state index contributed by atoms with van der Waals surface area (Å²) in [7, 11) is 0. The van der Waals surface area contributed by atoms with Crippen molar-refractivity contribution in [2.75, 3.05) is 39.3 Å². The standard InChI is InChI=1S/C18H23BrN4O.2ClH/c1-13-11-16(15-4-3-14(19)12-17(15)22-13)18(24)21-5-2-8-23-9-6-20-7-10-23;;/h3-4,11-12,20H,2,5-10H2,1H3,(H,21,24);2*1H. The van der Waals surface area contributed by atoms with Gasteiger partial charge in [-0.05, 0) is 38.1 Å². The first-order valence-electron chi connectivity index (χ1n) is 8.42. The van der Waals surface area contributed by atoms with E-state index in [0.717, 1.165) is 60.2 Å². The lowest BCUT2D eigenvalue weighted by atomic mass is 10.1. The van der Waals surface area contributed by atoms with E-state index in [1.54, 1.807) is 0 Å². The molecule has 1 aromatic heterocycles. The van der Waals surface area contributed by atoms with E-state index < -0.39 is 0 Å². The number of nitrogens with one attached hydrogen (secondary N) is 2. The summed E-state index contributed by atoms with van der Waals surface area (Å²) in [6.45, 7) is 7.96. The highest BCUT2D eigenvalue weighted by Gasteiger charge is 2.13. The summed E-state index contributed by atoms with van der Waals surface area (Å²) in [4.78, 5) is 19.5. The normalized spacial score (nSPS) is 14.4. The quantitative estimate of drug-likeness (QED) is 0.668. The van der Waals surface area contributed by atoms with Crippen LogP contribution in [0, 0.1) is 6.92 Å². The van der Waals surface area contributed by atoms with Crippen molar-refractivity contribution in [2.45, 2.75) is 13.3 Å². The molecule has 2 heterocycles. The van der Waals surface area contributed by atoms with Crippen LogP contribution in [0.3, 0.4) is 0 Å². The molecule has 3 rings (SSSR count). The fraction of sp³-hybridized carbons (Fsp3) is 0.444. The molecule has 1 fully saturated rings. The van der Waals surface area contributed by atoms with E-state index in [2.05, 4.69) is 36.4 Å². The number of amides is 1. The second-order valence-corrected chi connectivity index (χ2v) is 7.09. The van der Waals surface area contributed by atoms with E-state index in [-0.39, 0.29) is 30.7 Å². The molecular weight excluding hydrogens is 439 g/mol. The molecule has 0 bridgehead atoms. The number of carbonyl (C=O) groups excluding carboxylic acids is 1. The molecule has 1 aliphatic heterocycles. The first-order valence-corrected chi connectivity index (χ1v) is 9.21. The molecule has 144 valence electrons. The Balaban J connectivity index is 0.00000169. The van der Waals surface area contributed by atoms with Crippen molar-refractivity contribution in [3.05, 3.63) is 40.0 Å². The zero-order valence-electron chi connectivity index (χ0n) is 14.8. The van der Waals surface area contributed by atoms with Gasteiger partial charge in [0.15, 0.2) is 0 Å². The van der Waals surface area contributed by atoms with E-state index in [4.69, 9.17) is 0 Å². The van der Waals surface area contributed by atoms with Gasteiger partial charge in [-0.2, -0.15) is 0 Å². The van der Waals surface area contributed by atoms with Gasteiger partial charge in [-0.3, -0.25) is 9.78 Å². The molecule has 0 radical (unpaired) electrons. The lowest BCUT2D eigenvalue weighted by Gasteiger charge is -2.27. The Bertz CT molecular complexity index is 733. The molecule has 0 atom stereocenters. The van der Waals surface area contributed by atoms with Gasteiger partial charge < -0.3 is 15.5 Å². The smallest absolute Gasteiger partial charge is 0.252 e. The van der Waals surface area contributed by atoms with Gasteiger partial charge in [0.25, 0.3) is 5.91 Å². The molecule has 1 aromatic carbocycles. The average molecular weight is 464 g/mol. The third kappa shape index (κ3) is 6.06. The van der Waals surface area contributed by atoms with Crippen LogP contribution in [0.4, 0.5) is 0 Å². The van der Waals surface area contributed by atoms with Crippen LogP contribution in [0.25, 0.3) is 10.9 Å². The number of aryl methyl sites for hydroxylation is 1. The maximum absolute atomic E-state index is 12.6. The Morgan fingerprint density at radius 2 is 2.00 bits per heavy atom. The van der Waals surface area contributed by atoms with Gasteiger partial charge in [-0.25, -0.2) is 0 Å². The van der Waals surface area contributed by atoms with Crippen LogP contribution < -0.4 is 10.6 Å². The maximum Gasteiger partial charge on any atom is 0.252 e. The predicted molar refractivity (Wildman–Crippen MR) is 115 cm³/mol. The SMILES string of the molecule is Cc1cc(C(=O)NCCCN2CCNCC2)c2ccc(Br)cc2n1.Cl.Cl. The minimum atomic E-state index is -0.0202. The van der Waals surface area contributed by atoms with Crippen LogP contribution in [0.5, 0.6) is 0 Å². The number of hydrogen-bond acceptors (Lipinski definition) is 4. The van der Waals surface area contributed by atoms with Crippen LogP contribution in [-0.2, 0) is 0 Å². The molecule has 8 heteroatoms. The summed E-state index contributed by atoms with van der Waals surface area (Å²) in [5.41, 5.74) is 2.40. The van der Waals surface area contributed by atoms with E-state index in [1.807, 2.05) is 31.2 Å². The van der Waals surface area contributed by atoms with E-state index >= 15 is 0 Å². The van der Waals surface area contributed by atoms with Gasteiger partial charge in [-0.1, -0.05) is 22.0 Å². The first kappa shape index (κ1) is 23.1. The molecule has 0 spiro atoms. The Labute approximate surface area is 175 Å². The second-order valence-electron chi connectivity index (χ2n) is 6.17. The lowest BCUT2D eigenvalue weighted by molar-refractivity contribution is 0.0952. The van der Waals surface area contributed by atoms with Gasteiger partial charge in [0.1, 0.15) is 0 Å². The largest absolute Gasteiger partial charge is 0.352 e. The van der Waals surface area contributed by atoms with Crippen molar-refractivity contribution < 1.29 is 4.79 Å². The highest BCUT2D eigenvalue weighted by atomic mass is 79.9. The number of hydrogen-bond donors (Lipinski definition) is 2. The summed E-state index contributed by atoms with van der Waals surface area (Å²) in [6, 6.07) is 7.70. The van der Waals surface area contributed by atoms with Gasteiger partial charge in [0.05, 0.1) is 11.1 Å². The van der Waals surface area contributed by atoms with Crippen molar-refractivity contribution in [3.63, 3.8) is 0 Å². The predicted octanol–water partition coefficient (Wildman–Crippen LogP) is 3.17. The van der Waals surface area contributed by atoms with Gasteiger partial charge in [-0.15, -0.1) is 24.8 Å². The number of pyridine rings is 1. The van der Waals surface area contributed by atoms with Crippen molar-refractivity contribution >= 4 is 57.6 Å². The number of halogens is 3. The number of nitrogens with zero attached hydrogens (tertiary/aromatic N) is 2. The summed E-state index contributed by atoms with van der Waals surface area (Å²) < 4.78 is 0.968. The molecular formula is C18H25BrCl2N4O. The van der Waals surface area contributed by atoms with Crippen molar-refractivity contribution in [1.29, 1.82) is 0 Å². The number of aromatic nitrogens is 1. The topological polar surface area (TPSA) is 57.3 Å². The van der Waals surface area contributed by atoms with E-state index in [9.17, 15) is 4.79 Å². The van der Waals surface area contributed by atoms with Gasteiger partial charge >= 0.3 is 0 Å². The fourth-order valence-electron chi connectivity index (χ4n) is 3.06. The Hall–Kier alpha value is -0.920. The van der Waals surface area contributed by atoms with Gasteiger partial charge in [0.2, 0.25) is 0 Å². The van der Waals surface area contributed by atoms with Crippen LogP contribution >= 0.6 is 40.7 Å². The summed E-state index contributed by atoms with van der Waals surface area (Å²) in [5.74, 6) is -0.0202. The van der Waals surface area contributed by atoms with Crippen molar-refractivity contribution in [2.24, 2.45) is 0 Å². The van der Waals surface area contributed by atoms with Crippen LogP contribution in [0.1, 0.15) is 22.5 Å². The number of piperazine rings is 1. The summed E-state index contributed by atoms with van der Waals surface area (Å²) >= 11 is 3.46. The third-order valence-electron chi connectivity index (χ3n) is 4.29. The first-order chi connectivity index (χ1) is 11.6. The fourth-order valence-corrected chi connectivity index (χ4v) is 3.41. The zero-order chi connectivity index (χ0) is 16.9. The third-order valence-corrected chi connectivity index (χ3v) is 4.78. The number of fused-ring (bicyclic) bond motifs is 1. The minimum absolute atomic E-state index is 0. The van der Waals surface area contributed by atoms with Crippen LogP contribution in [-0.4, -0.2) is 55.1 Å². The molecule has 26 heavy (non-hydrogen) atoms. The maximum atomic E-state index is 12.6. The highest BCUT2D eigenvalue weighted by Crippen LogP contribution is 2.22. The molecule has 1 amide bonds. The van der Waals surface area contributed by atoms with Crippen LogP contribution in [0.2, 0.25) is 0 Å². The van der Waals surface area contributed by atoms with E-state index in [0.29, 0.717) is 12.1 Å². The summed E-state index contributed by atoms with van der Waals surface area (Å²) in [6.07, 6.45) is 0.972. The van der Waals surface area contributed by atoms with Crippen molar-refractivity contribution in [1.82, 2.24) is 20.5 Å². The molecule has 2 N–H and O–H groups in total.